The van der Waals surface area contributed by atoms with E-state index in [-0.39, 0.29) is 18.0 Å². The Morgan fingerprint density at radius 2 is 1.86 bits per heavy atom. The van der Waals surface area contributed by atoms with Crippen LogP contribution in [0.4, 0.5) is 22.0 Å². The number of nitrogens with zero attached hydrogens (tertiary/aromatic N) is 3. The van der Waals surface area contributed by atoms with Gasteiger partial charge in [-0.25, -0.2) is 13.9 Å². The van der Waals surface area contributed by atoms with E-state index >= 15 is 0 Å². The lowest BCUT2D eigenvalue weighted by Gasteiger charge is -2.19. The summed E-state index contributed by atoms with van der Waals surface area (Å²) in [5.74, 6) is -0.274. The number of amides is 2. The number of fused-ring (bicyclic) bond motifs is 1. The van der Waals surface area contributed by atoms with E-state index < -0.39 is 12.0 Å². The second-order valence-corrected chi connectivity index (χ2v) is 6.46. The summed E-state index contributed by atoms with van der Waals surface area (Å²) in [6.45, 7) is 1.94. The first-order valence-corrected chi connectivity index (χ1v) is 8.96. The van der Waals surface area contributed by atoms with Crippen molar-refractivity contribution in [1.82, 2.24) is 5.16 Å². The normalized spacial score (nSPS) is 10.6. The third-order valence-corrected chi connectivity index (χ3v) is 4.40. The van der Waals surface area contributed by atoms with Gasteiger partial charge in [-0.3, -0.25) is 5.32 Å². The van der Waals surface area contributed by atoms with Crippen LogP contribution in [0.1, 0.15) is 17.3 Å². The van der Waals surface area contributed by atoms with Crippen LogP contribution in [-0.2, 0) is 4.74 Å². The molecule has 0 radical (unpaired) electrons. The SMILES string of the molecule is CCOC(=O)c1ccccc1N(S)C(=O)Nc1noc2cccc(N(C)C)c12. The maximum Gasteiger partial charge on any atom is 0.340 e. The molecule has 2 amide bonds. The lowest BCUT2D eigenvalue weighted by atomic mass is 10.2. The fraction of sp³-hybridized carbons (Fsp3) is 0.211. The van der Waals surface area contributed by atoms with Crippen molar-refractivity contribution < 1.29 is 18.8 Å². The molecule has 0 fully saturated rings. The highest BCUT2D eigenvalue weighted by molar-refractivity contribution is 7.82. The van der Waals surface area contributed by atoms with E-state index in [1.54, 1.807) is 37.3 Å². The number of hydrogen-bond donors (Lipinski definition) is 2. The van der Waals surface area contributed by atoms with Crippen LogP contribution in [-0.4, -0.2) is 37.9 Å². The maximum absolute atomic E-state index is 12.8. The standard InChI is InChI=1S/C19H20N4O4S/c1-4-26-18(24)12-8-5-6-9-13(12)23(28)19(25)20-17-16-14(22(2)3)10-7-11-15(16)27-21-17/h5-11,28H,4H2,1-3H3,(H,20,21,25). The molecule has 0 saturated carbocycles. The van der Waals surface area contributed by atoms with Gasteiger partial charge in [-0.1, -0.05) is 36.2 Å². The van der Waals surface area contributed by atoms with Gasteiger partial charge in [-0.2, -0.15) is 0 Å². The van der Waals surface area contributed by atoms with E-state index in [9.17, 15) is 9.59 Å². The molecule has 0 aliphatic rings. The number of benzene rings is 2. The average Bonchev–Trinajstić information content (AvgIpc) is 3.10. The van der Waals surface area contributed by atoms with Crippen molar-refractivity contribution in [3.63, 3.8) is 0 Å². The number of urea groups is 1. The summed E-state index contributed by atoms with van der Waals surface area (Å²) in [6.07, 6.45) is 0. The minimum atomic E-state index is -0.594. The number of para-hydroxylation sites is 1. The van der Waals surface area contributed by atoms with Gasteiger partial charge in [0, 0.05) is 14.1 Å². The largest absolute Gasteiger partial charge is 0.462 e. The Morgan fingerprint density at radius 3 is 2.57 bits per heavy atom. The zero-order valence-corrected chi connectivity index (χ0v) is 16.6. The number of nitrogens with one attached hydrogen (secondary N) is 1. The van der Waals surface area contributed by atoms with Crippen LogP contribution >= 0.6 is 12.8 Å². The molecule has 2 aromatic carbocycles. The number of aromatic nitrogens is 1. The first-order valence-electron chi connectivity index (χ1n) is 8.56. The first kappa shape index (κ1) is 19.6. The molecular weight excluding hydrogens is 380 g/mol. The second-order valence-electron chi connectivity index (χ2n) is 6.06. The van der Waals surface area contributed by atoms with E-state index in [4.69, 9.17) is 9.26 Å². The van der Waals surface area contributed by atoms with Crippen LogP contribution in [0.25, 0.3) is 11.0 Å². The molecule has 0 saturated heterocycles. The lowest BCUT2D eigenvalue weighted by molar-refractivity contribution is 0.0527. The van der Waals surface area contributed by atoms with Crippen molar-refractivity contribution in [2.75, 3.05) is 35.2 Å². The van der Waals surface area contributed by atoms with E-state index in [1.165, 1.54) is 0 Å². The molecule has 8 nitrogen and oxygen atoms in total. The molecular formula is C19H20N4O4S. The van der Waals surface area contributed by atoms with Gasteiger partial charge in [0.25, 0.3) is 0 Å². The molecule has 1 N–H and O–H groups in total. The van der Waals surface area contributed by atoms with Gasteiger partial charge in [-0.05, 0) is 31.2 Å². The highest BCUT2D eigenvalue weighted by Gasteiger charge is 2.23. The molecule has 0 atom stereocenters. The van der Waals surface area contributed by atoms with Crippen molar-refractivity contribution in [1.29, 1.82) is 0 Å². The fourth-order valence-electron chi connectivity index (χ4n) is 2.74. The number of carbonyl (C=O) groups excluding carboxylic acids is 2. The van der Waals surface area contributed by atoms with Crippen molar-refractivity contribution >= 4 is 53.0 Å². The Kier molecular flexibility index (Phi) is 5.74. The molecule has 1 heterocycles. The fourth-order valence-corrected chi connectivity index (χ4v) is 2.96. The van der Waals surface area contributed by atoms with Gasteiger partial charge >= 0.3 is 12.0 Å². The molecule has 3 rings (SSSR count). The number of anilines is 3. The summed E-state index contributed by atoms with van der Waals surface area (Å²) in [5, 5.41) is 7.31. The number of hydrogen-bond acceptors (Lipinski definition) is 7. The molecule has 3 aromatic rings. The van der Waals surface area contributed by atoms with E-state index in [1.807, 2.05) is 31.1 Å². The third kappa shape index (κ3) is 3.74. The quantitative estimate of drug-likeness (QED) is 0.498. The Morgan fingerprint density at radius 1 is 1.14 bits per heavy atom. The Labute approximate surface area is 167 Å². The van der Waals surface area contributed by atoms with E-state index in [0.717, 1.165) is 9.99 Å². The maximum atomic E-state index is 12.8. The van der Waals surface area contributed by atoms with Crippen LogP contribution in [0.5, 0.6) is 0 Å². The number of esters is 1. The monoisotopic (exact) mass is 400 g/mol. The van der Waals surface area contributed by atoms with Gasteiger partial charge in [-0.15, -0.1) is 0 Å². The molecule has 1 aromatic heterocycles. The minimum Gasteiger partial charge on any atom is -0.462 e. The van der Waals surface area contributed by atoms with Crippen molar-refractivity contribution in [2.45, 2.75) is 6.92 Å². The van der Waals surface area contributed by atoms with Crippen LogP contribution in [0, 0.1) is 0 Å². The Balaban J connectivity index is 1.91. The first-order chi connectivity index (χ1) is 13.4. The van der Waals surface area contributed by atoms with Gasteiger partial charge in [0.05, 0.1) is 28.9 Å². The average molecular weight is 400 g/mol. The topological polar surface area (TPSA) is 87.9 Å². The Hall–Kier alpha value is -3.20. The minimum absolute atomic E-state index is 0.226. The summed E-state index contributed by atoms with van der Waals surface area (Å²) < 4.78 is 11.4. The predicted octanol–water partition coefficient (Wildman–Crippen LogP) is 3.95. The molecule has 146 valence electrons. The molecule has 28 heavy (non-hydrogen) atoms. The molecule has 0 spiro atoms. The van der Waals surface area contributed by atoms with Crippen molar-refractivity contribution in [3.05, 3.63) is 48.0 Å². The second kappa shape index (κ2) is 8.22. The smallest absolute Gasteiger partial charge is 0.340 e. The molecule has 0 aliphatic heterocycles. The highest BCUT2D eigenvalue weighted by atomic mass is 32.1. The molecule has 0 aliphatic carbocycles. The summed E-state index contributed by atoms with van der Waals surface area (Å²) in [6, 6.07) is 11.5. The summed E-state index contributed by atoms with van der Waals surface area (Å²) in [7, 11) is 3.77. The van der Waals surface area contributed by atoms with Crippen molar-refractivity contribution in [3.8, 4) is 0 Å². The van der Waals surface area contributed by atoms with Gasteiger partial charge in [0.1, 0.15) is 0 Å². The summed E-state index contributed by atoms with van der Waals surface area (Å²) >= 11 is 4.26. The van der Waals surface area contributed by atoms with Crippen LogP contribution in [0.3, 0.4) is 0 Å². The number of thiol groups is 1. The lowest BCUT2D eigenvalue weighted by Crippen LogP contribution is -2.28. The number of carbonyl (C=O) groups is 2. The number of ether oxygens (including phenoxy) is 1. The van der Waals surface area contributed by atoms with Crippen LogP contribution in [0.15, 0.2) is 47.0 Å². The summed E-state index contributed by atoms with van der Waals surface area (Å²) in [4.78, 5) is 26.8. The van der Waals surface area contributed by atoms with Gasteiger partial charge in [0.2, 0.25) is 0 Å². The van der Waals surface area contributed by atoms with Crippen molar-refractivity contribution in [2.24, 2.45) is 0 Å². The van der Waals surface area contributed by atoms with E-state index in [0.29, 0.717) is 16.7 Å². The zero-order chi connectivity index (χ0) is 20.3. The Bertz CT molecular complexity index is 1020. The van der Waals surface area contributed by atoms with Gasteiger partial charge < -0.3 is 14.2 Å². The van der Waals surface area contributed by atoms with Gasteiger partial charge in [0.15, 0.2) is 11.4 Å². The third-order valence-electron chi connectivity index (χ3n) is 4.00. The predicted molar refractivity (Wildman–Crippen MR) is 111 cm³/mol. The number of rotatable bonds is 5. The molecule has 9 heteroatoms. The molecule has 0 unspecified atom stereocenters. The van der Waals surface area contributed by atoms with Crippen LogP contribution in [0.2, 0.25) is 0 Å². The zero-order valence-electron chi connectivity index (χ0n) is 15.7. The van der Waals surface area contributed by atoms with Crippen LogP contribution < -0.4 is 14.5 Å². The van der Waals surface area contributed by atoms with E-state index in [2.05, 4.69) is 23.3 Å². The molecule has 0 bridgehead atoms. The summed E-state index contributed by atoms with van der Waals surface area (Å²) in [5.41, 5.74) is 1.90. The highest BCUT2D eigenvalue weighted by Crippen LogP contribution is 2.32.